The first-order valence-electron chi connectivity index (χ1n) is 9.62. The van der Waals surface area contributed by atoms with Gasteiger partial charge in [0, 0.05) is 23.6 Å². The second kappa shape index (κ2) is 7.62. The van der Waals surface area contributed by atoms with Crippen molar-refractivity contribution in [2.45, 2.75) is 49.5 Å². The molecule has 7 heteroatoms. The number of hydrogen-bond donors (Lipinski definition) is 1. The van der Waals surface area contributed by atoms with Gasteiger partial charge in [-0.15, -0.1) is 11.8 Å². The number of nitrogens with one attached hydrogen (secondary N) is 1. The van der Waals surface area contributed by atoms with Gasteiger partial charge in [-0.3, -0.25) is 19.3 Å². The molecule has 1 saturated carbocycles. The standard InChI is InChI=1S/C20H23FN2O3S/c21-15-7-3-6-14-16(9-11-27-18(14)15)22-17(24)8-10-23-19(25)12-4-1-2-5-13(12)20(23)26/h3,6-7,12-13,16H,1-2,4-5,8-11H2,(H,22,24). The lowest BCUT2D eigenvalue weighted by Gasteiger charge is -2.26. The number of carbonyl (C=O) groups is 3. The first-order valence-corrected chi connectivity index (χ1v) is 10.6. The third-order valence-electron chi connectivity index (χ3n) is 5.86. The van der Waals surface area contributed by atoms with E-state index in [1.807, 2.05) is 6.07 Å². The molecule has 0 spiro atoms. The lowest BCUT2D eigenvalue weighted by atomic mass is 9.81. The van der Waals surface area contributed by atoms with Crippen LogP contribution in [0.15, 0.2) is 23.1 Å². The van der Waals surface area contributed by atoms with Gasteiger partial charge in [0.1, 0.15) is 5.82 Å². The van der Waals surface area contributed by atoms with Crippen molar-refractivity contribution < 1.29 is 18.8 Å². The number of benzene rings is 1. The molecule has 144 valence electrons. The van der Waals surface area contributed by atoms with E-state index in [0.29, 0.717) is 4.90 Å². The normalized spacial score (nSPS) is 27.3. The van der Waals surface area contributed by atoms with Crippen molar-refractivity contribution in [2.24, 2.45) is 11.8 Å². The predicted octanol–water partition coefficient (Wildman–Crippen LogP) is 3.04. The maximum absolute atomic E-state index is 14.0. The molecule has 2 heterocycles. The van der Waals surface area contributed by atoms with E-state index in [9.17, 15) is 18.8 Å². The zero-order valence-electron chi connectivity index (χ0n) is 15.1. The summed E-state index contributed by atoms with van der Waals surface area (Å²) < 4.78 is 14.0. The van der Waals surface area contributed by atoms with E-state index in [-0.39, 0.29) is 54.4 Å². The lowest BCUT2D eigenvalue weighted by molar-refractivity contribution is -0.140. The Hall–Kier alpha value is -1.89. The summed E-state index contributed by atoms with van der Waals surface area (Å²) in [4.78, 5) is 39.3. The van der Waals surface area contributed by atoms with Gasteiger partial charge in [-0.05, 0) is 30.9 Å². The minimum atomic E-state index is -0.257. The van der Waals surface area contributed by atoms with Crippen LogP contribution in [0.1, 0.15) is 50.1 Å². The Morgan fingerprint density at radius 2 is 1.85 bits per heavy atom. The highest BCUT2D eigenvalue weighted by Gasteiger charge is 2.47. The van der Waals surface area contributed by atoms with Crippen molar-refractivity contribution >= 4 is 29.5 Å². The Morgan fingerprint density at radius 3 is 2.56 bits per heavy atom. The molecule has 1 saturated heterocycles. The van der Waals surface area contributed by atoms with Crippen molar-refractivity contribution in [1.82, 2.24) is 10.2 Å². The fraction of sp³-hybridized carbons (Fsp3) is 0.550. The van der Waals surface area contributed by atoms with Crippen LogP contribution < -0.4 is 5.32 Å². The van der Waals surface area contributed by atoms with Gasteiger partial charge in [0.25, 0.3) is 0 Å². The van der Waals surface area contributed by atoms with Crippen molar-refractivity contribution in [1.29, 1.82) is 0 Å². The zero-order chi connectivity index (χ0) is 19.0. The minimum absolute atomic E-state index is 0.0885. The van der Waals surface area contributed by atoms with Crippen LogP contribution in [0.4, 0.5) is 4.39 Å². The van der Waals surface area contributed by atoms with E-state index in [0.717, 1.165) is 43.4 Å². The largest absolute Gasteiger partial charge is 0.349 e. The highest BCUT2D eigenvalue weighted by Crippen LogP contribution is 2.39. The molecule has 27 heavy (non-hydrogen) atoms. The van der Waals surface area contributed by atoms with Crippen molar-refractivity contribution in [3.05, 3.63) is 29.6 Å². The third-order valence-corrected chi connectivity index (χ3v) is 7.02. The summed E-state index contributed by atoms with van der Waals surface area (Å²) in [5.41, 5.74) is 0.805. The Labute approximate surface area is 162 Å². The van der Waals surface area contributed by atoms with Gasteiger partial charge in [-0.2, -0.15) is 0 Å². The van der Waals surface area contributed by atoms with Crippen LogP contribution in [0.3, 0.4) is 0 Å². The Kier molecular flexibility index (Phi) is 5.21. The van der Waals surface area contributed by atoms with E-state index in [1.54, 1.807) is 6.07 Å². The van der Waals surface area contributed by atoms with Crippen LogP contribution in [0, 0.1) is 17.7 Å². The third kappa shape index (κ3) is 3.49. The molecule has 3 aliphatic rings. The van der Waals surface area contributed by atoms with E-state index in [2.05, 4.69) is 5.32 Å². The van der Waals surface area contributed by atoms with Crippen LogP contribution in [0.25, 0.3) is 0 Å². The number of thioether (sulfide) groups is 1. The minimum Gasteiger partial charge on any atom is -0.349 e. The van der Waals surface area contributed by atoms with Gasteiger partial charge in [0.15, 0.2) is 0 Å². The molecule has 3 unspecified atom stereocenters. The fourth-order valence-electron chi connectivity index (χ4n) is 4.47. The molecule has 5 nitrogen and oxygen atoms in total. The smallest absolute Gasteiger partial charge is 0.233 e. The zero-order valence-corrected chi connectivity index (χ0v) is 15.9. The Bertz CT molecular complexity index is 760. The summed E-state index contributed by atoms with van der Waals surface area (Å²) in [5, 5.41) is 2.95. The Balaban J connectivity index is 1.37. The maximum atomic E-state index is 14.0. The number of carbonyl (C=O) groups excluding carboxylic acids is 3. The van der Waals surface area contributed by atoms with E-state index in [4.69, 9.17) is 0 Å². The van der Waals surface area contributed by atoms with Gasteiger partial charge >= 0.3 is 0 Å². The summed E-state index contributed by atoms with van der Waals surface area (Å²) in [6.45, 7) is 0.133. The summed E-state index contributed by atoms with van der Waals surface area (Å²) >= 11 is 1.47. The molecule has 0 radical (unpaired) electrons. The summed E-state index contributed by atoms with van der Waals surface area (Å²) in [5.74, 6) is -0.312. The number of likely N-dealkylation sites (tertiary alicyclic amines) is 1. The van der Waals surface area contributed by atoms with Crippen molar-refractivity contribution in [3.63, 3.8) is 0 Å². The first kappa shape index (κ1) is 18.5. The molecule has 1 aromatic rings. The molecule has 3 atom stereocenters. The number of amides is 3. The summed E-state index contributed by atoms with van der Waals surface area (Å²) in [6, 6.07) is 4.70. The summed E-state index contributed by atoms with van der Waals surface area (Å²) in [7, 11) is 0. The van der Waals surface area contributed by atoms with Crippen LogP contribution in [-0.4, -0.2) is 34.9 Å². The average molecular weight is 390 g/mol. The van der Waals surface area contributed by atoms with Crippen LogP contribution >= 0.6 is 11.8 Å². The molecule has 2 fully saturated rings. The average Bonchev–Trinajstić information content (AvgIpc) is 2.92. The second-order valence-corrected chi connectivity index (χ2v) is 8.60. The molecule has 1 N–H and O–H groups in total. The molecule has 4 rings (SSSR count). The number of rotatable bonds is 4. The highest BCUT2D eigenvalue weighted by atomic mass is 32.2. The molecule has 0 bridgehead atoms. The molecule has 1 aliphatic carbocycles. The highest BCUT2D eigenvalue weighted by molar-refractivity contribution is 7.99. The molecule has 2 aliphatic heterocycles. The lowest BCUT2D eigenvalue weighted by Crippen LogP contribution is -2.37. The monoisotopic (exact) mass is 390 g/mol. The number of nitrogens with zero attached hydrogens (tertiary/aromatic N) is 1. The van der Waals surface area contributed by atoms with Crippen molar-refractivity contribution in [2.75, 3.05) is 12.3 Å². The molecule has 0 aromatic heterocycles. The SMILES string of the molecule is O=C(CCN1C(=O)C2CCCCC2C1=O)NC1CCSc2c(F)cccc21. The van der Waals surface area contributed by atoms with E-state index < -0.39 is 0 Å². The fourth-order valence-corrected chi connectivity index (χ4v) is 5.61. The van der Waals surface area contributed by atoms with Crippen LogP contribution in [-0.2, 0) is 14.4 Å². The summed E-state index contributed by atoms with van der Waals surface area (Å²) in [6.07, 6.45) is 4.36. The second-order valence-electron chi connectivity index (χ2n) is 7.49. The van der Waals surface area contributed by atoms with Gasteiger partial charge in [0.2, 0.25) is 17.7 Å². The van der Waals surface area contributed by atoms with Gasteiger partial charge < -0.3 is 5.32 Å². The molecular formula is C20H23FN2O3S. The number of imide groups is 1. The van der Waals surface area contributed by atoms with Gasteiger partial charge in [-0.1, -0.05) is 25.0 Å². The molecule has 3 amide bonds. The van der Waals surface area contributed by atoms with Gasteiger partial charge in [0.05, 0.1) is 17.9 Å². The first-order chi connectivity index (χ1) is 13.1. The van der Waals surface area contributed by atoms with E-state index >= 15 is 0 Å². The Morgan fingerprint density at radius 1 is 1.15 bits per heavy atom. The predicted molar refractivity (Wildman–Crippen MR) is 99.4 cm³/mol. The van der Waals surface area contributed by atoms with E-state index in [1.165, 1.54) is 22.7 Å². The van der Waals surface area contributed by atoms with Crippen LogP contribution in [0.2, 0.25) is 0 Å². The number of hydrogen-bond acceptors (Lipinski definition) is 4. The van der Waals surface area contributed by atoms with Crippen molar-refractivity contribution in [3.8, 4) is 0 Å². The number of fused-ring (bicyclic) bond motifs is 2. The molecular weight excluding hydrogens is 367 g/mol. The molecule has 1 aromatic carbocycles. The van der Waals surface area contributed by atoms with Crippen LogP contribution in [0.5, 0.6) is 0 Å². The number of halogens is 1. The topological polar surface area (TPSA) is 66.5 Å². The van der Waals surface area contributed by atoms with Gasteiger partial charge in [-0.25, -0.2) is 4.39 Å². The maximum Gasteiger partial charge on any atom is 0.233 e. The quantitative estimate of drug-likeness (QED) is 0.803.